The van der Waals surface area contributed by atoms with Gasteiger partial charge in [-0.05, 0) is 27.4 Å². The van der Waals surface area contributed by atoms with Crippen LogP contribution in [0.2, 0.25) is 0 Å². The molecule has 0 radical (unpaired) electrons. The van der Waals surface area contributed by atoms with Crippen LogP contribution < -0.4 is 5.73 Å². The molecule has 0 saturated heterocycles. The molecule has 1 atom stereocenters. The van der Waals surface area contributed by atoms with Crippen molar-refractivity contribution in [2.75, 3.05) is 6.61 Å². The fourth-order valence-corrected chi connectivity index (χ4v) is 2.38. The average molecular weight is 273 g/mol. The fraction of sp³-hybridized carbons (Fsp3) is 0.429. The maximum absolute atomic E-state index is 8.69. The van der Waals surface area contributed by atoms with E-state index in [0.717, 1.165) is 10.9 Å². The summed E-state index contributed by atoms with van der Waals surface area (Å²) in [5.74, 6) is 0. The predicted molar refractivity (Wildman–Crippen MR) is 58.0 cm³/mol. The van der Waals surface area contributed by atoms with Crippen LogP contribution in [-0.2, 0) is 6.42 Å². The number of aliphatic hydroxyl groups excluding tert-OH is 1. The van der Waals surface area contributed by atoms with Crippen molar-refractivity contribution in [3.05, 3.63) is 20.8 Å². The second-order valence-electron chi connectivity index (χ2n) is 2.34. The van der Waals surface area contributed by atoms with Gasteiger partial charge >= 0.3 is 0 Å². The molecule has 0 aliphatic rings. The monoisotopic (exact) mass is 271 g/mol. The molecule has 0 bridgehead atoms. The Morgan fingerprint density at radius 2 is 2.33 bits per heavy atom. The Morgan fingerprint density at radius 1 is 1.67 bits per heavy atom. The van der Waals surface area contributed by atoms with E-state index in [4.69, 9.17) is 10.8 Å². The van der Waals surface area contributed by atoms with Gasteiger partial charge < -0.3 is 10.8 Å². The third kappa shape index (κ3) is 3.41. The Morgan fingerprint density at radius 3 is 2.75 bits per heavy atom. The molecule has 2 nitrogen and oxygen atoms in total. The average Bonchev–Trinajstić information content (AvgIpc) is 2.37. The summed E-state index contributed by atoms with van der Waals surface area (Å²) in [5, 5.41) is 10.7. The van der Waals surface area contributed by atoms with E-state index in [-0.39, 0.29) is 25.1 Å². The van der Waals surface area contributed by atoms with Gasteiger partial charge in [-0.3, -0.25) is 0 Å². The van der Waals surface area contributed by atoms with E-state index >= 15 is 0 Å². The number of aliphatic hydroxyl groups is 1. The van der Waals surface area contributed by atoms with Gasteiger partial charge in [-0.2, -0.15) is 0 Å². The van der Waals surface area contributed by atoms with Crippen LogP contribution in [0.3, 0.4) is 0 Å². The molecule has 1 heterocycles. The largest absolute Gasteiger partial charge is 0.395 e. The number of hydrogen-bond donors (Lipinski definition) is 2. The van der Waals surface area contributed by atoms with Gasteiger partial charge in [0.25, 0.3) is 0 Å². The van der Waals surface area contributed by atoms with Crippen LogP contribution in [0.4, 0.5) is 0 Å². The molecule has 1 aromatic rings. The summed E-state index contributed by atoms with van der Waals surface area (Å²) in [4.78, 5) is 1.20. The van der Waals surface area contributed by atoms with Crippen molar-refractivity contribution in [2.24, 2.45) is 5.73 Å². The lowest BCUT2D eigenvalue weighted by Gasteiger charge is -2.05. The van der Waals surface area contributed by atoms with Crippen molar-refractivity contribution in [1.29, 1.82) is 0 Å². The summed E-state index contributed by atoms with van der Waals surface area (Å²) >= 11 is 5.05. The number of thiophene rings is 1. The van der Waals surface area contributed by atoms with E-state index in [1.807, 2.05) is 11.4 Å². The highest BCUT2D eigenvalue weighted by Gasteiger charge is 2.06. The van der Waals surface area contributed by atoms with Gasteiger partial charge in [0.15, 0.2) is 0 Å². The Balaban J connectivity index is 0.00000121. The standard InChI is InChI=1S/C7H10BrNOS.ClH/c8-6-1-2-11-7(6)3-5(9)4-10;/h1-2,5,10H,3-4,9H2;1H. The van der Waals surface area contributed by atoms with Gasteiger partial charge in [-0.15, -0.1) is 23.7 Å². The number of nitrogens with two attached hydrogens (primary N) is 1. The van der Waals surface area contributed by atoms with Gasteiger partial charge in [-0.1, -0.05) is 0 Å². The minimum absolute atomic E-state index is 0. The Hall–Kier alpha value is 0.390. The quantitative estimate of drug-likeness (QED) is 0.881. The van der Waals surface area contributed by atoms with Gasteiger partial charge in [0.2, 0.25) is 0 Å². The van der Waals surface area contributed by atoms with Crippen LogP contribution in [0.5, 0.6) is 0 Å². The Bertz CT molecular complexity index is 231. The van der Waals surface area contributed by atoms with Crippen molar-refractivity contribution in [3.8, 4) is 0 Å². The van der Waals surface area contributed by atoms with Crippen LogP contribution in [0.15, 0.2) is 15.9 Å². The summed E-state index contributed by atoms with van der Waals surface area (Å²) in [6.45, 7) is 0.0460. The molecule has 0 aromatic carbocycles. The fourth-order valence-electron chi connectivity index (χ4n) is 0.773. The summed E-state index contributed by atoms with van der Waals surface area (Å²) in [5.41, 5.74) is 5.57. The molecule has 3 N–H and O–H groups in total. The molecule has 0 aliphatic heterocycles. The van der Waals surface area contributed by atoms with Crippen molar-refractivity contribution in [3.63, 3.8) is 0 Å². The van der Waals surface area contributed by atoms with Crippen molar-refractivity contribution in [1.82, 2.24) is 0 Å². The van der Waals surface area contributed by atoms with Gasteiger partial charge in [0.05, 0.1) is 6.61 Å². The molecule has 1 rings (SSSR count). The van der Waals surface area contributed by atoms with E-state index in [1.54, 1.807) is 11.3 Å². The van der Waals surface area contributed by atoms with Crippen molar-refractivity contribution < 1.29 is 5.11 Å². The zero-order chi connectivity index (χ0) is 8.27. The van der Waals surface area contributed by atoms with Crippen LogP contribution in [-0.4, -0.2) is 17.8 Å². The van der Waals surface area contributed by atoms with E-state index in [9.17, 15) is 0 Å². The minimum atomic E-state index is -0.134. The van der Waals surface area contributed by atoms with Crippen molar-refractivity contribution in [2.45, 2.75) is 12.5 Å². The van der Waals surface area contributed by atoms with E-state index in [1.165, 1.54) is 4.88 Å². The zero-order valence-corrected chi connectivity index (χ0v) is 9.58. The summed E-state index contributed by atoms with van der Waals surface area (Å²) < 4.78 is 1.09. The molecule has 12 heavy (non-hydrogen) atoms. The van der Waals surface area contributed by atoms with Crippen LogP contribution in [0.25, 0.3) is 0 Å². The topological polar surface area (TPSA) is 46.2 Å². The summed E-state index contributed by atoms with van der Waals surface area (Å²) in [6, 6.07) is 1.86. The van der Waals surface area contributed by atoms with Crippen molar-refractivity contribution >= 4 is 39.7 Å². The lowest BCUT2D eigenvalue weighted by molar-refractivity contribution is 0.265. The molecule has 1 unspecified atom stereocenters. The Kier molecular flexibility index (Phi) is 6.13. The van der Waals surface area contributed by atoms with E-state index in [2.05, 4.69) is 15.9 Å². The molecule has 0 saturated carbocycles. The zero-order valence-electron chi connectivity index (χ0n) is 6.37. The molecule has 0 spiro atoms. The van der Waals surface area contributed by atoms with Crippen LogP contribution in [0, 0.1) is 0 Å². The van der Waals surface area contributed by atoms with Gasteiger partial charge in [0.1, 0.15) is 0 Å². The first-order valence-electron chi connectivity index (χ1n) is 3.32. The highest BCUT2D eigenvalue weighted by atomic mass is 79.9. The molecule has 5 heteroatoms. The van der Waals surface area contributed by atoms with E-state index in [0.29, 0.717) is 0 Å². The minimum Gasteiger partial charge on any atom is -0.395 e. The van der Waals surface area contributed by atoms with Crippen LogP contribution in [0.1, 0.15) is 4.88 Å². The third-order valence-electron chi connectivity index (χ3n) is 1.37. The van der Waals surface area contributed by atoms with Crippen LogP contribution >= 0.6 is 39.7 Å². The lowest BCUT2D eigenvalue weighted by atomic mass is 10.2. The molecule has 1 aromatic heterocycles. The Labute approximate surface area is 90.3 Å². The maximum Gasteiger partial charge on any atom is 0.0586 e. The number of rotatable bonds is 3. The summed E-state index contributed by atoms with van der Waals surface area (Å²) in [7, 11) is 0. The second kappa shape index (κ2) is 5.94. The normalized spacial score (nSPS) is 12.2. The molecule has 0 fully saturated rings. The van der Waals surface area contributed by atoms with Gasteiger partial charge in [0, 0.05) is 21.8 Å². The highest BCUT2D eigenvalue weighted by molar-refractivity contribution is 9.10. The molecular formula is C7H11BrClNOS. The van der Waals surface area contributed by atoms with E-state index < -0.39 is 0 Å². The molecule has 0 aliphatic carbocycles. The summed E-state index contributed by atoms with van der Waals surface area (Å²) in [6.07, 6.45) is 0.745. The van der Waals surface area contributed by atoms with Gasteiger partial charge in [-0.25, -0.2) is 0 Å². The predicted octanol–water partition coefficient (Wildman–Crippen LogP) is 1.79. The SMILES string of the molecule is Cl.NC(CO)Cc1sccc1Br. The third-order valence-corrected chi connectivity index (χ3v) is 3.32. The maximum atomic E-state index is 8.69. The highest BCUT2D eigenvalue weighted by Crippen LogP contribution is 2.23. The first-order valence-corrected chi connectivity index (χ1v) is 4.99. The molecular weight excluding hydrogens is 262 g/mol. The molecule has 70 valence electrons. The first kappa shape index (κ1) is 12.4. The first-order chi connectivity index (χ1) is 5.24. The lowest BCUT2D eigenvalue weighted by Crippen LogP contribution is -2.26. The smallest absolute Gasteiger partial charge is 0.0586 e. The molecule has 0 amide bonds. The second-order valence-corrected chi connectivity index (χ2v) is 4.19. The number of hydrogen-bond acceptors (Lipinski definition) is 3. The number of halogens is 2.